The molecule has 0 saturated heterocycles. The number of allylic oxidation sites excluding steroid dienone is 2. The highest BCUT2D eigenvalue weighted by atomic mass is 32.2. The highest BCUT2D eigenvalue weighted by Gasteiger charge is 2.22. The fraction of sp³-hybridized carbons (Fsp3) is 0.182. The summed E-state index contributed by atoms with van der Waals surface area (Å²) in [7, 11) is -8.83. The van der Waals surface area contributed by atoms with Gasteiger partial charge in [-0.25, -0.2) is 9.59 Å². The average molecular weight is 511 g/mol. The molecule has 0 aliphatic rings. The number of carbonyl (C=O) groups excluding carboxylic acids is 2. The Bertz CT molecular complexity index is 1170. The van der Waals surface area contributed by atoms with Crippen molar-refractivity contribution < 1.29 is 45.0 Å². The van der Waals surface area contributed by atoms with Crippen LogP contribution < -0.4 is 0 Å². The molecule has 0 spiro atoms. The zero-order chi connectivity index (χ0) is 25.2. The summed E-state index contributed by atoms with van der Waals surface area (Å²) in [6, 6.07) is 18.0. The fourth-order valence-corrected chi connectivity index (χ4v) is 3.20. The van der Waals surface area contributed by atoms with Crippen molar-refractivity contribution in [3.05, 3.63) is 89.5 Å². The summed E-state index contributed by atoms with van der Waals surface area (Å²) in [5.74, 6) is -4.29. The Morgan fingerprint density at radius 1 is 0.676 bits per heavy atom. The van der Waals surface area contributed by atoms with Crippen molar-refractivity contribution in [2.45, 2.75) is 0 Å². The van der Waals surface area contributed by atoms with Gasteiger partial charge in [0.15, 0.2) is 0 Å². The molecule has 0 radical (unpaired) electrons. The topological polar surface area (TPSA) is 161 Å². The van der Waals surface area contributed by atoms with Gasteiger partial charge in [0, 0.05) is 0 Å². The van der Waals surface area contributed by atoms with Crippen molar-refractivity contribution in [1.82, 2.24) is 0 Å². The van der Waals surface area contributed by atoms with Gasteiger partial charge in [-0.2, -0.15) is 16.8 Å². The Morgan fingerprint density at radius 3 is 1.41 bits per heavy atom. The molecule has 2 N–H and O–H groups in total. The Kier molecular flexibility index (Phi) is 9.69. The van der Waals surface area contributed by atoms with Crippen molar-refractivity contribution in [2.75, 3.05) is 24.7 Å². The molecule has 0 aliphatic carbocycles. The second kappa shape index (κ2) is 12.2. The van der Waals surface area contributed by atoms with Crippen LogP contribution in [0.1, 0.15) is 11.1 Å². The van der Waals surface area contributed by atoms with Crippen molar-refractivity contribution in [3.63, 3.8) is 0 Å². The first-order valence-electron chi connectivity index (χ1n) is 9.74. The highest BCUT2D eigenvalue weighted by Crippen LogP contribution is 2.23. The third-order valence-corrected chi connectivity index (χ3v) is 5.54. The lowest BCUT2D eigenvalue weighted by atomic mass is 9.97. The van der Waals surface area contributed by atoms with Crippen LogP contribution >= 0.6 is 0 Å². The molecule has 0 heterocycles. The zero-order valence-electron chi connectivity index (χ0n) is 17.7. The van der Waals surface area contributed by atoms with Gasteiger partial charge in [0.2, 0.25) is 0 Å². The lowest BCUT2D eigenvalue weighted by molar-refractivity contribution is -0.146. The van der Waals surface area contributed by atoms with Crippen molar-refractivity contribution in [1.29, 1.82) is 0 Å². The molecule has 182 valence electrons. The first kappa shape index (κ1) is 26.9. The summed E-state index contributed by atoms with van der Waals surface area (Å²) in [6.07, 6.45) is 2.55. The summed E-state index contributed by atoms with van der Waals surface area (Å²) >= 11 is 0. The second-order valence-electron chi connectivity index (χ2n) is 6.74. The minimum absolute atomic E-state index is 0.621. The minimum atomic E-state index is -4.41. The quantitative estimate of drug-likeness (QED) is 0.114. The first-order chi connectivity index (χ1) is 16.0. The molecule has 34 heavy (non-hydrogen) atoms. The molecule has 2 rings (SSSR count). The van der Waals surface area contributed by atoms with E-state index in [-0.39, 0.29) is 0 Å². The van der Waals surface area contributed by atoms with Gasteiger partial charge in [0.1, 0.15) is 30.3 Å². The van der Waals surface area contributed by atoms with E-state index in [2.05, 4.69) is 0 Å². The molecule has 0 saturated carbocycles. The third kappa shape index (κ3) is 9.67. The van der Waals surface area contributed by atoms with Crippen LogP contribution in [0.5, 0.6) is 0 Å². The molecule has 0 aliphatic heterocycles. The number of hydrogen-bond donors (Lipinski definition) is 2. The summed E-state index contributed by atoms with van der Waals surface area (Å²) in [5, 5.41) is 0. The monoisotopic (exact) mass is 510 g/mol. The van der Waals surface area contributed by atoms with Crippen LogP contribution in [0, 0.1) is 0 Å². The number of benzene rings is 2. The standard InChI is InChI=1S/C22H22O10S2/c23-21(31-13-15-33(25,26)27)20(22(24)32-14-16-34(28,29)30)12-11-19(17-7-3-1-4-8-17)18-9-5-2-6-10-18/h1-12H,13-16H2,(H,25,26,27)(H,28,29,30). The van der Waals surface area contributed by atoms with Crippen molar-refractivity contribution in [3.8, 4) is 0 Å². The van der Waals surface area contributed by atoms with Crippen LogP contribution in [0.25, 0.3) is 5.57 Å². The third-order valence-electron chi connectivity index (χ3n) is 4.17. The van der Waals surface area contributed by atoms with E-state index in [0.29, 0.717) is 5.57 Å². The lowest BCUT2D eigenvalue weighted by Crippen LogP contribution is -2.23. The van der Waals surface area contributed by atoms with Crippen molar-refractivity contribution in [2.24, 2.45) is 0 Å². The zero-order valence-corrected chi connectivity index (χ0v) is 19.4. The number of esters is 2. The second-order valence-corrected chi connectivity index (χ2v) is 9.88. The maximum atomic E-state index is 12.5. The molecule has 12 heteroatoms. The van der Waals surface area contributed by atoms with Gasteiger partial charge in [-0.15, -0.1) is 0 Å². The predicted octanol–water partition coefficient (Wildman–Crippen LogP) is 1.91. The van der Waals surface area contributed by atoms with Gasteiger partial charge >= 0.3 is 11.9 Å². The molecule has 0 amide bonds. The van der Waals surface area contributed by atoms with Gasteiger partial charge in [-0.1, -0.05) is 66.7 Å². The fourth-order valence-electron chi connectivity index (χ4n) is 2.62. The van der Waals surface area contributed by atoms with E-state index in [9.17, 15) is 26.4 Å². The summed E-state index contributed by atoms with van der Waals surface area (Å²) in [5.41, 5.74) is 1.47. The molecule has 0 aromatic heterocycles. The van der Waals surface area contributed by atoms with E-state index >= 15 is 0 Å². The van der Waals surface area contributed by atoms with E-state index in [1.165, 1.54) is 6.08 Å². The van der Waals surface area contributed by atoms with Crippen LogP contribution in [-0.4, -0.2) is 62.6 Å². The molecule has 0 fully saturated rings. The van der Waals surface area contributed by atoms with E-state index in [4.69, 9.17) is 18.6 Å². The summed E-state index contributed by atoms with van der Waals surface area (Å²) in [4.78, 5) is 24.9. The van der Waals surface area contributed by atoms with Crippen LogP contribution in [0.4, 0.5) is 0 Å². The first-order valence-corrected chi connectivity index (χ1v) is 13.0. The SMILES string of the molecule is O=C(OCCS(=O)(=O)O)C(=CC=C(c1ccccc1)c1ccccc1)C(=O)OCCS(=O)(=O)O. The van der Waals surface area contributed by atoms with Crippen LogP contribution in [0.15, 0.2) is 78.4 Å². The van der Waals surface area contributed by atoms with Gasteiger partial charge in [-0.05, 0) is 22.8 Å². The van der Waals surface area contributed by atoms with E-state index < -0.39 is 62.5 Å². The van der Waals surface area contributed by atoms with Gasteiger partial charge in [0.05, 0.1) is 0 Å². The van der Waals surface area contributed by atoms with Crippen LogP contribution in [0.3, 0.4) is 0 Å². The number of hydrogen-bond acceptors (Lipinski definition) is 8. The molecule has 0 atom stereocenters. The largest absolute Gasteiger partial charge is 0.461 e. The molecular weight excluding hydrogens is 488 g/mol. The van der Waals surface area contributed by atoms with Crippen molar-refractivity contribution >= 4 is 37.7 Å². The highest BCUT2D eigenvalue weighted by molar-refractivity contribution is 7.86. The smallest absolute Gasteiger partial charge is 0.345 e. The number of ether oxygens (including phenoxy) is 2. The van der Waals surface area contributed by atoms with E-state index in [1.54, 1.807) is 48.5 Å². The van der Waals surface area contributed by atoms with Crippen LogP contribution in [0.2, 0.25) is 0 Å². The number of carbonyl (C=O) groups is 2. The molecule has 0 unspecified atom stereocenters. The summed E-state index contributed by atoms with van der Waals surface area (Å²) in [6.45, 7) is -1.47. The number of rotatable bonds is 11. The maximum Gasteiger partial charge on any atom is 0.345 e. The molecule has 2 aromatic rings. The average Bonchev–Trinajstić information content (AvgIpc) is 2.76. The van der Waals surface area contributed by atoms with Gasteiger partial charge in [-0.3, -0.25) is 9.11 Å². The molecule has 0 bridgehead atoms. The molecular formula is C22H22O10S2. The van der Waals surface area contributed by atoms with E-state index in [0.717, 1.165) is 17.2 Å². The lowest BCUT2D eigenvalue weighted by Gasteiger charge is -2.10. The normalized spacial score (nSPS) is 11.2. The van der Waals surface area contributed by atoms with E-state index in [1.807, 2.05) is 12.1 Å². The minimum Gasteiger partial charge on any atom is -0.461 e. The van der Waals surface area contributed by atoms with Crippen LogP contribution in [-0.2, 0) is 39.3 Å². The summed E-state index contributed by atoms with van der Waals surface area (Å²) < 4.78 is 70.5. The Morgan fingerprint density at radius 2 is 1.06 bits per heavy atom. The van der Waals surface area contributed by atoms with Gasteiger partial charge in [0.25, 0.3) is 20.2 Å². The predicted molar refractivity (Wildman–Crippen MR) is 123 cm³/mol. The molecule has 10 nitrogen and oxygen atoms in total. The Hall–Kier alpha value is -3.32. The Labute approximate surface area is 197 Å². The maximum absolute atomic E-state index is 12.5. The molecule has 2 aromatic carbocycles. The Balaban J connectivity index is 2.40. The van der Waals surface area contributed by atoms with Gasteiger partial charge < -0.3 is 9.47 Å².